The molecule has 0 saturated heterocycles. The molecule has 0 aromatic heterocycles. The van der Waals surface area contributed by atoms with Crippen molar-refractivity contribution >= 4 is 5.97 Å². The van der Waals surface area contributed by atoms with Crippen LogP contribution in [0.1, 0.15) is 90.9 Å². The van der Waals surface area contributed by atoms with Crippen LogP contribution >= 0.6 is 0 Å². The quantitative estimate of drug-likeness (QED) is 0.373. The van der Waals surface area contributed by atoms with Crippen molar-refractivity contribution in [1.82, 2.24) is 0 Å². The molecule has 0 radical (unpaired) electrons. The smallest absolute Gasteiger partial charge is 0.550 e. The molecule has 1 unspecified atom stereocenters. The van der Waals surface area contributed by atoms with E-state index in [2.05, 4.69) is 13.8 Å². The maximum absolute atomic E-state index is 11.0. The molecule has 2 nitrogen and oxygen atoms in total. The van der Waals surface area contributed by atoms with E-state index in [-0.39, 0.29) is 35.5 Å². The number of hydrogen-bond donors (Lipinski definition) is 0. The Bertz CT molecular complexity index is 195. The van der Waals surface area contributed by atoms with Gasteiger partial charge in [-0.15, -0.1) is 0 Å². The van der Waals surface area contributed by atoms with Gasteiger partial charge in [0.25, 0.3) is 0 Å². The predicted octanol–water partition coefficient (Wildman–Crippen LogP) is 1.08. The van der Waals surface area contributed by atoms with Gasteiger partial charge in [0, 0.05) is 5.97 Å². The van der Waals surface area contributed by atoms with Crippen LogP contribution in [-0.4, -0.2) is 5.97 Å². The Morgan fingerprint density at radius 3 is 1.58 bits per heavy atom. The Kier molecular flexibility index (Phi) is 18.9. The van der Waals surface area contributed by atoms with E-state index in [0.717, 1.165) is 32.1 Å². The number of unbranched alkanes of at least 4 members (excludes halogenated alkanes) is 8. The third-order valence-electron chi connectivity index (χ3n) is 3.65. The summed E-state index contributed by atoms with van der Waals surface area (Å²) in [7, 11) is 0. The maximum atomic E-state index is 11.0. The number of carbonyl (C=O) groups is 1. The Labute approximate surface area is 142 Å². The van der Waals surface area contributed by atoms with E-state index in [1.165, 1.54) is 44.9 Å². The number of rotatable bonds is 13. The molecule has 0 fully saturated rings. The molecular formula is C16H31NaO2. The molecule has 0 aliphatic carbocycles. The summed E-state index contributed by atoms with van der Waals surface area (Å²) in [6.07, 6.45) is 13.6. The van der Waals surface area contributed by atoms with Gasteiger partial charge in [-0.05, 0) is 18.8 Å². The van der Waals surface area contributed by atoms with E-state index < -0.39 is 5.97 Å². The van der Waals surface area contributed by atoms with E-state index in [1.54, 1.807) is 0 Å². The van der Waals surface area contributed by atoms with Crippen LogP contribution in [0.5, 0.6) is 0 Å². The zero-order valence-corrected chi connectivity index (χ0v) is 15.4. The largest absolute Gasteiger partial charge is 1.00 e. The van der Waals surface area contributed by atoms with Gasteiger partial charge >= 0.3 is 29.6 Å². The fraction of sp³-hybridized carbons (Fsp3) is 0.938. The summed E-state index contributed by atoms with van der Waals surface area (Å²) in [5.74, 6) is -1.03. The number of carbonyl (C=O) groups excluding carboxylic acids is 1. The molecule has 0 aliphatic heterocycles. The van der Waals surface area contributed by atoms with Crippen LogP contribution in [0.3, 0.4) is 0 Å². The predicted molar refractivity (Wildman–Crippen MR) is 75.2 cm³/mol. The van der Waals surface area contributed by atoms with E-state index in [9.17, 15) is 9.90 Å². The zero-order chi connectivity index (χ0) is 13.6. The molecule has 0 saturated carbocycles. The molecule has 0 aromatic carbocycles. The SMILES string of the molecule is CCCCCCCCC(CCCCCC)C(=O)[O-].[Na+]. The number of carboxylic acid groups (broad SMARTS) is 1. The van der Waals surface area contributed by atoms with Crippen LogP contribution < -0.4 is 34.7 Å². The van der Waals surface area contributed by atoms with Crippen LogP contribution in [0, 0.1) is 5.92 Å². The first-order chi connectivity index (χ1) is 8.72. The maximum Gasteiger partial charge on any atom is 1.00 e. The van der Waals surface area contributed by atoms with Crippen LogP contribution in [0.4, 0.5) is 0 Å². The van der Waals surface area contributed by atoms with Crippen molar-refractivity contribution in [3.8, 4) is 0 Å². The standard InChI is InChI=1S/C16H32O2.Na/c1-3-5-7-9-10-12-14-15(16(17)18)13-11-8-6-4-2;/h15H,3-14H2,1-2H3,(H,17,18);/q;+1/p-1. The molecule has 19 heavy (non-hydrogen) atoms. The van der Waals surface area contributed by atoms with Crippen LogP contribution in [-0.2, 0) is 4.79 Å². The molecule has 0 N–H and O–H groups in total. The fourth-order valence-corrected chi connectivity index (χ4v) is 2.37. The summed E-state index contributed by atoms with van der Waals surface area (Å²) >= 11 is 0. The molecule has 3 heteroatoms. The third kappa shape index (κ3) is 14.7. The first-order valence-corrected chi connectivity index (χ1v) is 7.93. The molecule has 0 amide bonds. The van der Waals surface area contributed by atoms with E-state index in [0.29, 0.717) is 0 Å². The summed E-state index contributed by atoms with van der Waals surface area (Å²) in [4.78, 5) is 11.0. The average molecular weight is 278 g/mol. The minimum atomic E-state index is -0.833. The molecule has 1 atom stereocenters. The second-order valence-corrected chi connectivity index (χ2v) is 5.42. The van der Waals surface area contributed by atoms with Gasteiger partial charge in [0.2, 0.25) is 0 Å². The van der Waals surface area contributed by atoms with Gasteiger partial charge in [-0.1, -0.05) is 78.1 Å². The molecular weight excluding hydrogens is 247 g/mol. The minimum absolute atomic E-state index is 0. The van der Waals surface area contributed by atoms with Gasteiger partial charge in [-0.2, -0.15) is 0 Å². The van der Waals surface area contributed by atoms with Crippen molar-refractivity contribution in [2.24, 2.45) is 5.92 Å². The summed E-state index contributed by atoms with van der Waals surface area (Å²) in [5.41, 5.74) is 0. The molecule has 0 bridgehead atoms. The monoisotopic (exact) mass is 278 g/mol. The van der Waals surface area contributed by atoms with Crippen molar-refractivity contribution in [1.29, 1.82) is 0 Å². The first kappa shape index (κ1) is 21.8. The molecule has 0 aromatic rings. The van der Waals surface area contributed by atoms with Crippen molar-refractivity contribution < 1.29 is 39.5 Å². The summed E-state index contributed by atoms with van der Waals surface area (Å²) in [6.45, 7) is 4.38. The molecule has 0 spiro atoms. The molecule has 0 rings (SSSR count). The van der Waals surface area contributed by atoms with Gasteiger partial charge < -0.3 is 9.90 Å². The van der Waals surface area contributed by atoms with E-state index in [4.69, 9.17) is 0 Å². The van der Waals surface area contributed by atoms with Gasteiger partial charge in [-0.25, -0.2) is 0 Å². The normalized spacial score (nSPS) is 11.9. The van der Waals surface area contributed by atoms with Crippen LogP contribution in [0.2, 0.25) is 0 Å². The minimum Gasteiger partial charge on any atom is -0.550 e. The van der Waals surface area contributed by atoms with E-state index in [1.807, 2.05) is 0 Å². The van der Waals surface area contributed by atoms with Crippen molar-refractivity contribution in [3.63, 3.8) is 0 Å². The van der Waals surface area contributed by atoms with Crippen LogP contribution in [0.25, 0.3) is 0 Å². The van der Waals surface area contributed by atoms with Crippen molar-refractivity contribution in [3.05, 3.63) is 0 Å². The van der Waals surface area contributed by atoms with E-state index >= 15 is 0 Å². The summed E-state index contributed by atoms with van der Waals surface area (Å²) < 4.78 is 0. The molecule has 0 aliphatic rings. The zero-order valence-electron chi connectivity index (χ0n) is 13.4. The Hall–Kier alpha value is 0.470. The first-order valence-electron chi connectivity index (χ1n) is 7.93. The van der Waals surface area contributed by atoms with Crippen molar-refractivity contribution in [2.45, 2.75) is 90.9 Å². The number of aliphatic carboxylic acids is 1. The Balaban J connectivity index is 0. The van der Waals surface area contributed by atoms with Gasteiger partial charge in [0.15, 0.2) is 0 Å². The second kappa shape index (κ2) is 16.5. The molecule has 108 valence electrons. The second-order valence-electron chi connectivity index (χ2n) is 5.42. The topological polar surface area (TPSA) is 40.1 Å². The van der Waals surface area contributed by atoms with Gasteiger partial charge in [0.1, 0.15) is 0 Å². The third-order valence-corrected chi connectivity index (χ3v) is 3.65. The Morgan fingerprint density at radius 1 is 0.789 bits per heavy atom. The average Bonchev–Trinajstić information content (AvgIpc) is 2.35. The Morgan fingerprint density at radius 2 is 1.16 bits per heavy atom. The summed E-state index contributed by atoms with van der Waals surface area (Å²) in [5, 5.41) is 11.0. The summed E-state index contributed by atoms with van der Waals surface area (Å²) in [6, 6.07) is 0. The van der Waals surface area contributed by atoms with Crippen LogP contribution in [0.15, 0.2) is 0 Å². The fourth-order valence-electron chi connectivity index (χ4n) is 2.37. The molecule has 0 heterocycles. The van der Waals surface area contributed by atoms with Crippen molar-refractivity contribution in [2.75, 3.05) is 0 Å². The van der Waals surface area contributed by atoms with Gasteiger partial charge in [0.05, 0.1) is 0 Å². The van der Waals surface area contributed by atoms with Gasteiger partial charge in [-0.3, -0.25) is 0 Å². The number of carboxylic acids is 1. The number of hydrogen-bond acceptors (Lipinski definition) is 2.